The Kier molecular flexibility index (Phi) is 7.28. The molecule has 6 nitrogen and oxygen atoms in total. The van der Waals surface area contributed by atoms with Crippen molar-refractivity contribution in [3.63, 3.8) is 0 Å². The Morgan fingerprint density at radius 2 is 2.00 bits per heavy atom. The number of carbonyl (C=O) groups excluding carboxylic acids is 2. The van der Waals surface area contributed by atoms with Crippen LogP contribution >= 0.6 is 34.5 Å². The average molecular weight is 442 g/mol. The second-order valence-electron chi connectivity index (χ2n) is 5.08. The predicted octanol–water partition coefficient (Wildman–Crippen LogP) is 4.73. The summed E-state index contributed by atoms with van der Waals surface area (Å²) < 4.78 is 39.6. The lowest BCUT2D eigenvalue weighted by Gasteiger charge is -2.08. The number of amides is 2. The monoisotopic (exact) mass is 441 g/mol. The summed E-state index contributed by atoms with van der Waals surface area (Å²) in [5, 5.41) is 7.45. The molecule has 12 heteroatoms. The van der Waals surface area contributed by atoms with Gasteiger partial charge in [-0.2, -0.15) is 13.2 Å². The van der Waals surface area contributed by atoms with Crippen LogP contribution in [0.25, 0.3) is 11.3 Å². The maximum absolute atomic E-state index is 11.9. The highest BCUT2D eigenvalue weighted by atomic mass is 35.5. The molecule has 2 aromatic rings. The fraction of sp³-hybridized carbons (Fsp3) is 0.267. The molecule has 0 bridgehead atoms. The van der Waals surface area contributed by atoms with Gasteiger partial charge in [0, 0.05) is 28.9 Å². The van der Waals surface area contributed by atoms with E-state index in [0.717, 1.165) is 11.3 Å². The van der Waals surface area contributed by atoms with Gasteiger partial charge in [0.1, 0.15) is 0 Å². The number of ether oxygens (including phenoxy) is 1. The van der Waals surface area contributed by atoms with Crippen LogP contribution in [-0.4, -0.2) is 36.3 Å². The maximum atomic E-state index is 11.9. The van der Waals surface area contributed by atoms with E-state index in [1.165, 1.54) is 0 Å². The minimum Gasteiger partial charge on any atom is -0.440 e. The second kappa shape index (κ2) is 9.25. The molecular formula is C15H12Cl2F3N3O3S. The summed E-state index contributed by atoms with van der Waals surface area (Å²) >= 11 is 13.1. The molecule has 27 heavy (non-hydrogen) atoms. The smallest absolute Gasteiger partial charge is 0.422 e. The van der Waals surface area contributed by atoms with Gasteiger partial charge >= 0.3 is 12.3 Å². The van der Waals surface area contributed by atoms with Gasteiger partial charge < -0.3 is 15.4 Å². The Hall–Kier alpha value is -2.04. The van der Waals surface area contributed by atoms with Crippen molar-refractivity contribution < 1.29 is 27.5 Å². The third-order valence-corrected chi connectivity index (χ3v) is 4.25. The van der Waals surface area contributed by atoms with E-state index in [9.17, 15) is 22.8 Å². The number of halogens is 5. The number of alkyl halides is 3. The Balaban J connectivity index is 1.80. The summed E-state index contributed by atoms with van der Waals surface area (Å²) in [6, 6.07) is 4.92. The van der Waals surface area contributed by atoms with Crippen LogP contribution < -0.4 is 10.6 Å². The Bertz CT molecular complexity index is 830. The average Bonchev–Trinajstić information content (AvgIpc) is 3.00. The summed E-state index contributed by atoms with van der Waals surface area (Å²) in [6.07, 6.45) is -6.03. The number of benzene rings is 1. The van der Waals surface area contributed by atoms with Gasteiger partial charge in [0.2, 0.25) is 5.91 Å². The lowest BCUT2D eigenvalue weighted by Crippen LogP contribution is -2.31. The van der Waals surface area contributed by atoms with Crippen molar-refractivity contribution in [3.05, 3.63) is 33.6 Å². The molecule has 0 unspecified atom stereocenters. The second-order valence-corrected chi connectivity index (χ2v) is 6.78. The van der Waals surface area contributed by atoms with E-state index in [-0.39, 0.29) is 13.0 Å². The number of nitrogens with one attached hydrogen (secondary N) is 2. The first-order valence-electron chi connectivity index (χ1n) is 7.32. The zero-order chi connectivity index (χ0) is 20.0. The largest absolute Gasteiger partial charge is 0.440 e. The predicted molar refractivity (Wildman–Crippen MR) is 96.2 cm³/mol. The van der Waals surface area contributed by atoms with Gasteiger partial charge in [0.25, 0.3) is 0 Å². The van der Waals surface area contributed by atoms with Gasteiger partial charge in [-0.05, 0) is 18.2 Å². The SMILES string of the molecule is O=C(CCNC(=O)OCC(F)(F)F)Nc1nc(-c2ccc(Cl)cc2Cl)cs1. The number of thiazole rings is 1. The molecular weight excluding hydrogens is 430 g/mol. The Morgan fingerprint density at radius 3 is 2.67 bits per heavy atom. The van der Waals surface area contributed by atoms with Gasteiger partial charge in [-0.3, -0.25) is 4.79 Å². The maximum Gasteiger partial charge on any atom is 0.422 e. The standard InChI is InChI=1S/C15H12Cl2F3N3O3S/c16-8-1-2-9(10(17)5-8)11-6-27-13(22-11)23-12(24)3-4-21-14(25)26-7-15(18,19)20/h1-2,5-6H,3-4,7H2,(H,21,25)(H,22,23,24). The molecule has 0 spiro atoms. The quantitative estimate of drug-likeness (QED) is 0.678. The molecule has 0 atom stereocenters. The summed E-state index contributed by atoms with van der Waals surface area (Å²) in [6.45, 7) is -1.88. The summed E-state index contributed by atoms with van der Waals surface area (Å²) in [5.74, 6) is -0.478. The van der Waals surface area contributed by atoms with Crippen molar-refractivity contribution in [3.8, 4) is 11.3 Å². The molecule has 0 radical (unpaired) electrons. The van der Waals surface area contributed by atoms with Gasteiger partial charge in [-0.1, -0.05) is 23.2 Å². The number of hydrogen-bond acceptors (Lipinski definition) is 5. The van der Waals surface area contributed by atoms with E-state index in [2.05, 4.69) is 15.0 Å². The van der Waals surface area contributed by atoms with Crippen LogP contribution in [0.2, 0.25) is 10.0 Å². The van der Waals surface area contributed by atoms with E-state index in [0.29, 0.717) is 26.4 Å². The molecule has 0 aliphatic rings. The van der Waals surface area contributed by atoms with Crippen LogP contribution in [0.5, 0.6) is 0 Å². The minimum atomic E-state index is -4.61. The van der Waals surface area contributed by atoms with Gasteiger partial charge in [0.15, 0.2) is 11.7 Å². The third-order valence-electron chi connectivity index (χ3n) is 2.95. The molecule has 0 saturated heterocycles. The normalized spacial score (nSPS) is 11.1. The number of anilines is 1. The summed E-state index contributed by atoms with van der Waals surface area (Å²) in [7, 11) is 0. The van der Waals surface area contributed by atoms with Gasteiger partial charge in [-0.25, -0.2) is 9.78 Å². The minimum absolute atomic E-state index is 0.169. The molecule has 1 aromatic heterocycles. The highest BCUT2D eigenvalue weighted by Gasteiger charge is 2.29. The lowest BCUT2D eigenvalue weighted by atomic mass is 10.2. The molecule has 2 N–H and O–H groups in total. The number of nitrogens with zero attached hydrogens (tertiary/aromatic N) is 1. The first kappa shape index (κ1) is 21.3. The van der Waals surface area contributed by atoms with E-state index < -0.39 is 24.8 Å². The van der Waals surface area contributed by atoms with E-state index in [1.54, 1.807) is 23.6 Å². The molecule has 2 amide bonds. The van der Waals surface area contributed by atoms with Crippen LogP contribution in [0.15, 0.2) is 23.6 Å². The van der Waals surface area contributed by atoms with Crippen LogP contribution in [0, 0.1) is 0 Å². The molecule has 0 saturated carbocycles. The first-order valence-corrected chi connectivity index (χ1v) is 8.96. The molecule has 1 heterocycles. The topological polar surface area (TPSA) is 80.3 Å². The number of carbonyl (C=O) groups is 2. The highest BCUT2D eigenvalue weighted by molar-refractivity contribution is 7.14. The van der Waals surface area contributed by atoms with Crippen molar-refractivity contribution >= 4 is 51.7 Å². The zero-order valence-electron chi connectivity index (χ0n) is 13.4. The van der Waals surface area contributed by atoms with Crippen molar-refractivity contribution in [1.29, 1.82) is 0 Å². The molecule has 146 valence electrons. The zero-order valence-corrected chi connectivity index (χ0v) is 15.7. The van der Waals surface area contributed by atoms with Crippen molar-refractivity contribution in [2.75, 3.05) is 18.5 Å². The van der Waals surface area contributed by atoms with E-state index in [1.807, 2.05) is 5.32 Å². The number of rotatable bonds is 6. The van der Waals surface area contributed by atoms with Crippen LogP contribution in [0.3, 0.4) is 0 Å². The van der Waals surface area contributed by atoms with Crippen molar-refractivity contribution in [2.45, 2.75) is 12.6 Å². The summed E-state index contributed by atoms with van der Waals surface area (Å²) in [4.78, 5) is 27.1. The highest BCUT2D eigenvalue weighted by Crippen LogP contribution is 2.32. The molecule has 0 aliphatic carbocycles. The van der Waals surface area contributed by atoms with Crippen LogP contribution in [0.1, 0.15) is 6.42 Å². The number of aromatic nitrogens is 1. The Morgan fingerprint density at radius 1 is 1.26 bits per heavy atom. The summed E-state index contributed by atoms with van der Waals surface area (Å²) in [5.41, 5.74) is 1.19. The molecule has 1 aromatic carbocycles. The van der Waals surface area contributed by atoms with Crippen LogP contribution in [-0.2, 0) is 9.53 Å². The molecule has 0 fully saturated rings. The van der Waals surface area contributed by atoms with Crippen molar-refractivity contribution in [2.24, 2.45) is 0 Å². The number of hydrogen-bond donors (Lipinski definition) is 2. The van der Waals surface area contributed by atoms with Crippen molar-refractivity contribution in [1.82, 2.24) is 10.3 Å². The molecule has 2 rings (SSSR count). The fourth-order valence-electron chi connectivity index (χ4n) is 1.81. The Labute approximate surface area is 165 Å². The third kappa shape index (κ3) is 7.24. The van der Waals surface area contributed by atoms with Crippen LogP contribution in [0.4, 0.5) is 23.1 Å². The lowest BCUT2D eigenvalue weighted by molar-refractivity contribution is -0.160. The van der Waals surface area contributed by atoms with E-state index >= 15 is 0 Å². The fourth-order valence-corrected chi connectivity index (χ4v) is 3.04. The molecule has 0 aliphatic heterocycles. The first-order chi connectivity index (χ1) is 12.6. The van der Waals surface area contributed by atoms with Gasteiger partial charge in [-0.15, -0.1) is 11.3 Å². The number of alkyl carbamates (subject to hydrolysis) is 1. The van der Waals surface area contributed by atoms with Gasteiger partial charge in [0.05, 0.1) is 10.7 Å². The van der Waals surface area contributed by atoms with E-state index in [4.69, 9.17) is 23.2 Å².